The van der Waals surface area contributed by atoms with Gasteiger partial charge < -0.3 is 15.5 Å². The number of carbonyl (C=O) groups excluding carboxylic acids is 1. The molecule has 0 saturated carbocycles. The molecule has 2 atom stereocenters. The summed E-state index contributed by atoms with van der Waals surface area (Å²) in [6.45, 7) is 11.7. The molecule has 1 fully saturated rings. The van der Waals surface area contributed by atoms with Gasteiger partial charge in [0.05, 0.1) is 6.54 Å². The first-order valence-electron chi connectivity index (χ1n) is 10.2. The Labute approximate surface area is 167 Å². The highest BCUT2D eigenvalue weighted by Crippen LogP contribution is 2.25. The van der Waals surface area contributed by atoms with Crippen LogP contribution in [0.3, 0.4) is 0 Å². The van der Waals surface area contributed by atoms with Crippen LogP contribution in [0.25, 0.3) is 0 Å². The molecular weight excluding hydrogens is 358 g/mol. The molecule has 0 aliphatic carbocycles. The fourth-order valence-corrected chi connectivity index (χ4v) is 4.72. The monoisotopic (exact) mass is 391 g/mol. The molecule has 2 unspecified atom stereocenters. The van der Waals surface area contributed by atoms with Crippen molar-refractivity contribution in [1.29, 1.82) is 0 Å². The van der Waals surface area contributed by atoms with Crippen LogP contribution in [0.15, 0.2) is 16.4 Å². The minimum Gasteiger partial charge on any atom is -0.357 e. The second kappa shape index (κ2) is 9.55. The van der Waals surface area contributed by atoms with Crippen molar-refractivity contribution in [3.05, 3.63) is 21.9 Å². The number of guanidine groups is 1. The lowest BCUT2D eigenvalue weighted by Crippen LogP contribution is -2.46. The molecule has 0 aromatic carbocycles. The van der Waals surface area contributed by atoms with Gasteiger partial charge in [-0.15, -0.1) is 11.3 Å². The summed E-state index contributed by atoms with van der Waals surface area (Å²) in [7, 11) is 0. The number of fused-ring (bicyclic) bond motifs is 1. The molecule has 1 aromatic rings. The summed E-state index contributed by atoms with van der Waals surface area (Å²) in [6.07, 6.45) is 2.72. The number of carbonyl (C=O) groups is 1. The van der Waals surface area contributed by atoms with E-state index in [1.54, 1.807) is 4.88 Å². The Morgan fingerprint density at radius 1 is 1.41 bits per heavy atom. The van der Waals surface area contributed by atoms with Crippen LogP contribution in [0.1, 0.15) is 44.1 Å². The van der Waals surface area contributed by atoms with Crippen LogP contribution in [0.2, 0.25) is 0 Å². The van der Waals surface area contributed by atoms with Crippen molar-refractivity contribution in [2.45, 2.75) is 58.7 Å². The third-order valence-electron chi connectivity index (χ3n) is 5.50. The van der Waals surface area contributed by atoms with Crippen molar-refractivity contribution in [2.24, 2.45) is 4.99 Å². The third kappa shape index (κ3) is 5.23. The average Bonchev–Trinajstić information content (AvgIpc) is 3.34. The zero-order valence-electron chi connectivity index (χ0n) is 16.8. The van der Waals surface area contributed by atoms with Crippen molar-refractivity contribution in [3.8, 4) is 0 Å². The molecule has 3 rings (SSSR count). The van der Waals surface area contributed by atoms with Gasteiger partial charge in [-0.1, -0.05) is 6.92 Å². The largest absolute Gasteiger partial charge is 0.357 e. The van der Waals surface area contributed by atoms with Crippen LogP contribution in [0.5, 0.6) is 0 Å². The van der Waals surface area contributed by atoms with Crippen LogP contribution < -0.4 is 10.6 Å². The number of nitrogens with zero attached hydrogens (tertiary/aromatic N) is 3. The number of rotatable bonds is 6. The normalized spacial score (nSPS) is 21.8. The first-order chi connectivity index (χ1) is 13.1. The van der Waals surface area contributed by atoms with Crippen LogP contribution in [-0.4, -0.2) is 66.5 Å². The van der Waals surface area contributed by atoms with Crippen LogP contribution in [0.4, 0.5) is 0 Å². The Morgan fingerprint density at radius 3 is 3.04 bits per heavy atom. The lowest BCUT2D eigenvalue weighted by Gasteiger charge is -2.31. The van der Waals surface area contributed by atoms with Gasteiger partial charge in [0, 0.05) is 56.1 Å². The summed E-state index contributed by atoms with van der Waals surface area (Å²) < 4.78 is 0. The van der Waals surface area contributed by atoms with Crippen LogP contribution >= 0.6 is 11.3 Å². The second-order valence-electron chi connectivity index (χ2n) is 7.48. The van der Waals surface area contributed by atoms with E-state index >= 15 is 0 Å². The van der Waals surface area contributed by atoms with E-state index in [9.17, 15) is 4.79 Å². The predicted molar refractivity (Wildman–Crippen MR) is 112 cm³/mol. The van der Waals surface area contributed by atoms with E-state index in [0.717, 1.165) is 58.1 Å². The highest BCUT2D eigenvalue weighted by molar-refractivity contribution is 7.10. The first-order valence-corrected chi connectivity index (χ1v) is 11.1. The number of hydrogen-bond acceptors (Lipinski definition) is 4. The summed E-state index contributed by atoms with van der Waals surface area (Å²) in [5.74, 6) is 1.11. The minimum absolute atomic E-state index is 0.243. The van der Waals surface area contributed by atoms with Gasteiger partial charge in [0.15, 0.2) is 5.96 Å². The third-order valence-corrected chi connectivity index (χ3v) is 6.53. The Balaban J connectivity index is 1.52. The fraction of sp³-hybridized carbons (Fsp3) is 0.700. The van der Waals surface area contributed by atoms with E-state index in [2.05, 4.69) is 40.8 Å². The van der Waals surface area contributed by atoms with Crippen molar-refractivity contribution in [1.82, 2.24) is 20.4 Å². The minimum atomic E-state index is 0.243. The van der Waals surface area contributed by atoms with Crippen molar-refractivity contribution in [2.75, 3.05) is 32.7 Å². The van der Waals surface area contributed by atoms with E-state index in [1.165, 1.54) is 5.56 Å². The topological polar surface area (TPSA) is 60.0 Å². The van der Waals surface area contributed by atoms with Gasteiger partial charge in [0.25, 0.3) is 0 Å². The molecule has 2 aliphatic rings. The summed E-state index contributed by atoms with van der Waals surface area (Å²) in [4.78, 5) is 22.7. The number of nitrogens with one attached hydrogen (secondary N) is 2. The van der Waals surface area contributed by atoms with Gasteiger partial charge in [-0.2, -0.15) is 0 Å². The Morgan fingerprint density at radius 2 is 2.26 bits per heavy atom. The Kier molecular flexibility index (Phi) is 7.13. The maximum atomic E-state index is 11.9. The van der Waals surface area contributed by atoms with Gasteiger partial charge >= 0.3 is 0 Å². The molecule has 1 saturated heterocycles. The molecule has 6 nitrogen and oxygen atoms in total. The number of amides is 1. The lowest BCUT2D eigenvalue weighted by molar-refractivity contribution is -0.129. The smallest absolute Gasteiger partial charge is 0.222 e. The fourth-order valence-electron chi connectivity index (χ4n) is 3.83. The summed E-state index contributed by atoms with van der Waals surface area (Å²) in [5.41, 5.74) is 1.48. The highest BCUT2D eigenvalue weighted by atomic mass is 32.1. The molecule has 0 bridgehead atoms. The van der Waals surface area contributed by atoms with Gasteiger partial charge in [-0.3, -0.25) is 14.7 Å². The van der Waals surface area contributed by atoms with Crippen molar-refractivity contribution < 1.29 is 4.79 Å². The standard InChI is InChI=1S/C20H33N5OS/c1-4-19(26)25-9-6-17(14-25)23-20(21-5-2)22-12-15(3)24-10-7-18-16(13-24)8-11-27-18/h8,11,15,17H,4-7,9-10,12-14H2,1-3H3,(H2,21,22,23). The van der Waals surface area contributed by atoms with Gasteiger partial charge in [-0.05, 0) is 43.7 Å². The molecular formula is C20H33N5OS. The van der Waals surface area contributed by atoms with Gasteiger partial charge in [0.1, 0.15) is 0 Å². The summed E-state index contributed by atoms with van der Waals surface area (Å²) >= 11 is 1.88. The van der Waals surface area contributed by atoms with Crippen LogP contribution in [-0.2, 0) is 17.8 Å². The van der Waals surface area contributed by atoms with E-state index < -0.39 is 0 Å². The van der Waals surface area contributed by atoms with Crippen LogP contribution in [0, 0.1) is 0 Å². The van der Waals surface area contributed by atoms with Crippen molar-refractivity contribution in [3.63, 3.8) is 0 Å². The first kappa shape index (κ1) is 20.1. The Bertz CT molecular complexity index is 659. The number of aliphatic imine (C=N–C) groups is 1. The molecule has 3 heterocycles. The Hall–Kier alpha value is -1.60. The molecule has 0 radical (unpaired) electrons. The second-order valence-corrected chi connectivity index (χ2v) is 8.48. The molecule has 150 valence electrons. The lowest BCUT2D eigenvalue weighted by atomic mass is 10.1. The molecule has 1 aromatic heterocycles. The maximum absolute atomic E-state index is 11.9. The average molecular weight is 392 g/mol. The maximum Gasteiger partial charge on any atom is 0.222 e. The van der Waals surface area contributed by atoms with Gasteiger partial charge in [-0.25, -0.2) is 0 Å². The number of likely N-dealkylation sites (tertiary alicyclic amines) is 1. The predicted octanol–water partition coefficient (Wildman–Crippen LogP) is 2.06. The molecule has 27 heavy (non-hydrogen) atoms. The van der Waals surface area contributed by atoms with E-state index in [1.807, 2.05) is 23.2 Å². The number of hydrogen-bond donors (Lipinski definition) is 2. The zero-order valence-corrected chi connectivity index (χ0v) is 17.6. The zero-order chi connectivity index (χ0) is 19.2. The van der Waals surface area contributed by atoms with Crippen molar-refractivity contribution >= 4 is 23.2 Å². The SMILES string of the molecule is CCNC(=NCC(C)N1CCc2sccc2C1)NC1CCN(C(=O)CC)C1. The quantitative estimate of drug-likeness (QED) is 0.576. The summed E-state index contributed by atoms with van der Waals surface area (Å²) in [5, 5.41) is 9.09. The van der Waals surface area contributed by atoms with E-state index in [0.29, 0.717) is 12.5 Å². The highest BCUT2D eigenvalue weighted by Gasteiger charge is 2.26. The molecule has 2 aliphatic heterocycles. The van der Waals surface area contributed by atoms with E-state index in [4.69, 9.17) is 4.99 Å². The molecule has 7 heteroatoms. The van der Waals surface area contributed by atoms with E-state index in [-0.39, 0.29) is 11.9 Å². The molecule has 1 amide bonds. The molecule has 2 N–H and O–H groups in total. The molecule has 0 spiro atoms. The van der Waals surface area contributed by atoms with Gasteiger partial charge in [0.2, 0.25) is 5.91 Å². The number of thiophene rings is 1. The summed E-state index contributed by atoms with van der Waals surface area (Å²) in [6, 6.07) is 2.96.